The molecule has 0 saturated carbocycles. The van der Waals surface area contributed by atoms with Crippen LogP contribution in [0.1, 0.15) is 0 Å². The number of hydrogen-bond acceptors (Lipinski definition) is 3. The molecule has 0 saturated heterocycles. The Morgan fingerprint density at radius 3 is 1.82 bits per heavy atom. The minimum atomic E-state index is 0.640. The summed E-state index contributed by atoms with van der Waals surface area (Å²) in [7, 11) is 0. The highest BCUT2D eigenvalue weighted by Gasteiger charge is 2.26. The van der Waals surface area contributed by atoms with Gasteiger partial charge in [-0.15, -0.1) is 0 Å². The van der Waals surface area contributed by atoms with Crippen molar-refractivity contribution in [3.63, 3.8) is 0 Å². The maximum Gasteiger partial charge on any atom is 0.235 e. The number of aromatic nitrogens is 5. The molecule has 0 fully saturated rings. The van der Waals surface area contributed by atoms with Gasteiger partial charge in [0.1, 0.15) is 5.82 Å². The second kappa shape index (κ2) is 10.3. The lowest BCUT2D eigenvalue weighted by atomic mass is 9.98. The molecule has 11 aromatic rings. The predicted octanol–water partition coefficient (Wildman–Crippen LogP) is 11.1. The topological polar surface area (TPSA) is 48.0 Å². The van der Waals surface area contributed by atoms with Crippen molar-refractivity contribution in [2.75, 3.05) is 0 Å². The highest BCUT2D eigenvalue weighted by molar-refractivity contribution is 6.30. The Bertz CT molecular complexity index is 3070. The van der Waals surface area contributed by atoms with E-state index >= 15 is 0 Å². The van der Waals surface area contributed by atoms with Gasteiger partial charge in [0.15, 0.2) is 0 Å². The first-order chi connectivity index (χ1) is 24.8. The van der Waals surface area contributed by atoms with E-state index in [4.69, 9.17) is 15.0 Å². The first-order valence-electron chi connectivity index (χ1n) is 16.9. The van der Waals surface area contributed by atoms with E-state index in [2.05, 4.69) is 161 Å². The third kappa shape index (κ3) is 3.80. The van der Waals surface area contributed by atoms with E-state index in [1.807, 2.05) is 12.1 Å². The van der Waals surface area contributed by atoms with Crippen molar-refractivity contribution >= 4 is 60.0 Å². The number of para-hydroxylation sites is 2. The largest absolute Gasteiger partial charge is 0.291 e. The van der Waals surface area contributed by atoms with E-state index in [9.17, 15) is 0 Å². The van der Waals surface area contributed by atoms with Gasteiger partial charge in [0.05, 0.1) is 38.8 Å². The Morgan fingerprint density at radius 1 is 0.380 bits per heavy atom. The van der Waals surface area contributed by atoms with Crippen molar-refractivity contribution < 1.29 is 0 Å². The van der Waals surface area contributed by atoms with Crippen LogP contribution in [0.25, 0.3) is 99.8 Å². The summed E-state index contributed by atoms with van der Waals surface area (Å²) < 4.78 is 4.64. The summed E-state index contributed by atoms with van der Waals surface area (Å²) in [6.07, 6.45) is 0. The fraction of sp³-hybridized carbons (Fsp3) is 0. The summed E-state index contributed by atoms with van der Waals surface area (Å²) >= 11 is 0. The van der Waals surface area contributed by atoms with Crippen LogP contribution >= 0.6 is 0 Å². The van der Waals surface area contributed by atoms with Crippen LogP contribution in [0, 0.1) is 0 Å². The van der Waals surface area contributed by atoms with Gasteiger partial charge < -0.3 is 0 Å². The van der Waals surface area contributed by atoms with Gasteiger partial charge in [-0.2, -0.15) is 0 Å². The van der Waals surface area contributed by atoms with E-state index in [0.29, 0.717) is 5.95 Å². The van der Waals surface area contributed by atoms with Gasteiger partial charge in [0, 0.05) is 32.7 Å². The summed E-state index contributed by atoms with van der Waals surface area (Å²) in [5, 5.41) is 5.69. The highest BCUT2D eigenvalue weighted by Crippen LogP contribution is 2.45. The Morgan fingerprint density at radius 2 is 1.04 bits per heavy atom. The molecule has 5 heteroatoms. The van der Waals surface area contributed by atoms with Gasteiger partial charge in [-0.25, -0.2) is 15.0 Å². The van der Waals surface area contributed by atoms with Gasteiger partial charge in [-0.1, -0.05) is 127 Å². The van der Waals surface area contributed by atoms with E-state index < -0.39 is 0 Å². The first-order valence-corrected chi connectivity index (χ1v) is 16.9. The van der Waals surface area contributed by atoms with Gasteiger partial charge in [0.2, 0.25) is 5.95 Å². The van der Waals surface area contributed by atoms with Crippen molar-refractivity contribution in [1.29, 1.82) is 0 Å². The fourth-order valence-corrected chi connectivity index (χ4v) is 7.90. The summed E-state index contributed by atoms with van der Waals surface area (Å²) in [6.45, 7) is 0. The quantitative estimate of drug-likeness (QED) is 0.193. The van der Waals surface area contributed by atoms with Gasteiger partial charge in [-0.3, -0.25) is 8.97 Å². The average molecular weight is 638 g/mol. The minimum Gasteiger partial charge on any atom is -0.291 e. The molecule has 232 valence electrons. The number of imidazole rings is 1. The predicted molar refractivity (Wildman–Crippen MR) is 205 cm³/mol. The molecule has 7 aromatic carbocycles. The van der Waals surface area contributed by atoms with Gasteiger partial charge >= 0.3 is 0 Å². The summed E-state index contributed by atoms with van der Waals surface area (Å²) in [5.41, 5.74) is 11.5. The molecule has 0 amide bonds. The minimum absolute atomic E-state index is 0.640. The van der Waals surface area contributed by atoms with E-state index in [1.54, 1.807) is 0 Å². The molecule has 0 atom stereocenters. The number of hydrogen-bond donors (Lipinski definition) is 0. The van der Waals surface area contributed by atoms with Crippen LogP contribution in [0.2, 0.25) is 0 Å². The number of rotatable bonds is 4. The number of benzene rings is 7. The Hall–Kier alpha value is -6.85. The Balaban J connectivity index is 1.38. The molecule has 5 nitrogen and oxygen atoms in total. The van der Waals surface area contributed by atoms with Crippen molar-refractivity contribution in [3.05, 3.63) is 164 Å². The van der Waals surface area contributed by atoms with E-state index in [0.717, 1.165) is 83.0 Å². The van der Waals surface area contributed by atoms with Crippen LogP contribution in [0.4, 0.5) is 0 Å². The molecule has 4 aromatic heterocycles. The summed E-state index contributed by atoms with van der Waals surface area (Å²) in [5.74, 6) is 1.56. The molecule has 0 aliphatic rings. The van der Waals surface area contributed by atoms with Crippen LogP contribution in [-0.2, 0) is 0 Å². The maximum absolute atomic E-state index is 5.39. The zero-order chi connectivity index (χ0) is 32.8. The van der Waals surface area contributed by atoms with Crippen molar-refractivity contribution in [2.24, 2.45) is 0 Å². The maximum atomic E-state index is 5.39. The van der Waals surface area contributed by atoms with Gasteiger partial charge in [-0.05, 0) is 52.9 Å². The lowest BCUT2D eigenvalue weighted by Gasteiger charge is -2.13. The third-order valence-corrected chi connectivity index (χ3v) is 10.1. The van der Waals surface area contributed by atoms with Crippen LogP contribution < -0.4 is 0 Å². The lowest BCUT2D eigenvalue weighted by Crippen LogP contribution is -2.03. The molecule has 0 aliphatic heterocycles. The van der Waals surface area contributed by atoms with Crippen LogP contribution in [0.5, 0.6) is 0 Å². The van der Waals surface area contributed by atoms with Crippen molar-refractivity contribution in [2.45, 2.75) is 0 Å². The molecule has 0 aliphatic carbocycles. The molecule has 50 heavy (non-hydrogen) atoms. The summed E-state index contributed by atoms with van der Waals surface area (Å²) in [6, 6.07) is 57.6. The molecular formula is C45H27N5. The van der Waals surface area contributed by atoms with Gasteiger partial charge in [0.25, 0.3) is 0 Å². The molecule has 0 N–H and O–H groups in total. The van der Waals surface area contributed by atoms with E-state index in [-0.39, 0.29) is 0 Å². The molecule has 11 rings (SSSR count). The monoisotopic (exact) mass is 637 g/mol. The van der Waals surface area contributed by atoms with Crippen molar-refractivity contribution in [3.8, 4) is 39.7 Å². The molecule has 0 spiro atoms. The van der Waals surface area contributed by atoms with Crippen LogP contribution in [-0.4, -0.2) is 23.9 Å². The lowest BCUT2D eigenvalue weighted by molar-refractivity contribution is 1.01. The Labute approximate surface area is 286 Å². The summed E-state index contributed by atoms with van der Waals surface area (Å²) in [4.78, 5) is 16.0. The Kier molecular flexibility index (Phi) is 5.60. The first kappa shape index (κ1) is 27.1. The van der Waals surface area contributed by atoms with Crippen LogP contribution in [0.15, 0.2) is 164 Å². The average Bonchev–Trinajstić information content (AvgIpc) is 3.70. The fourth-order valence-electron chi connectivity index (χ4n) is 7.90. The SMILES string of the molecule is c1ccc(-c2cc3c4ccccc4n4c(-c5ccccc5)nc5ccc6c(c3c(c2)n6-c2nc(-c3ccccc3)c3ccccc3n2)c54)cc1. The van der Waals surface area contributed by atoms with Crippen LogP contribution in [0.3, 0.4) is 0 Å². The third-order valence-electron chi connectivity index (χ3n) is 10.1. The number of nitrogens with zero attached hydrogens (tertiary/aromatic N) is 5. The standard InChI is InChI=1S/C45H27N5/c1-4-14-28(15-5-1)31-26-34-32-20-11-13-23-37(32)50-43-36(46-44(50)30-18-8-3-9-19-30)24-25-38-41(43)40(34)39(27-31)49(38)45-47-35-22-12-10-21-33(35)42(48-45)29-16-6-2-7-17-29/h1-27H. The van der Waals surface area contributed by atoms with Crippen molar-refractivity contribution in [1.82, 2.24) is 23.9 Å². The zero-order valence-corrected chi connectivity index (χ0v) is 26.8. The smallest absolute Gasteiger partial charge is 0.235 e. The molecule has 4 heterocycles. The normalized spacial score (nSPS) is 12.0. The molecular weight excluding hydrogens is 611 g/mol. The second-order valence-electron chi connectivity index (χ2n) is 12.9. The molecule has 0 bridgehead atoms. The second-order valence-corrected chi connectivity index (χ2v) is 12.9. The highest BCUT2D eigenvalue weighted by atomic mass is 15.2. The number of fused-ring (bicyclic) bond motifs is 4. The molecule has 0 radical (unpaired) electrons. The molecule has 0 unspecified atom stereocenters. The van der Waals surface area contributed by atoms with E-state index in [1.165, 1.54) is 10.8 Å². The zero-order valence-electron chi connectivity index (χ0n) is 26.8.